The van der Waals surface area contributed by atoms with Gasteiger partial charge in [0, 0.05) is 24.8 Å². The number of aliphatic hydroxyl groups excluding tert-OH is 1. The van der Waals surface area contributed by atoms with E-state index in [4.69, 9.17) is 10.5 Å². The number of piperidine rings is 1. The van der Waals surface area contributed by atoms with Crippen LogP contribution in [0.2, 0.25) is 0 Å². The summed E-state index contributed by atoms with van der Waals surface area (Å²) in [7, 11) is 1.60. The predicted octanol–water partition coefficient (Wildman–Crippen LogP) is 3.34. The van der Waals surface area contributed by atoms with Crippen LogP contribution < -0.4 is 20.7 Å². The molecule has 0 unspecified atom stereocenters. The first-order valence-electron chi connectivity index (χ1n) is 8.97. The van der Waals surface area contributed by atoms with E-state index in [1.807, 2.05) is 35.2 Å². The number of hydrogen-bond donors (Lipinski definition) is 3. The van der Waals surface area contributed by atoms with Crippen LogP contribution in [0.4, 0.5) is 15.8 Å². The summed E-state index contributed by atoms with van der Waals surface area (Å²) in [6.45, 7) is 1.60. The molecule has 1 heterocycles. The van der Waals surface area contributed by atoms with Gasteiger partial charge in [0.05, 0.1) is 25.4 Å². The molecule has 0 bridgehead atoms. The Balaban J connectivity index is 0.00000280. The molecule has 28 heavy (non-hydrogen) atoms. The van der Waals surface area contributed by atoms with Crippen molar-refractivity contribution in [3.63, 3.8) is 0 Å². The average molecular weight is 500 g/mol. The van der Waals surface area contributed by atoms with Crippen LogP contribution in [0.3, 0.4) is 0 Å². The molecule has 0 atom stereocenters. The number of aliphatic imine (C=N–C) groups is 1. The van der Waals surface area contributed by atoms with E-state index in [0.29, 0.717) is 31.6 Å². The Kier molecular flexibility index (Phi) is 8.31. The van der Waals surface area contributed by atoms with E-state index in [-0.39, 0.29) is 48.4 Å². The second-order valence-electron chi connectivity index (χ2n) is 6.56. The van der Waals surface area contributed by atoms with Gasteiger partial charge >= 0.3 is 0 Å². The molecule has 4 N–H and O–H groups in total. The lowest BCUT2D eigenvalue weighted by atomic mass is 10.1. The third kappa shape index (κ3) is 5.96. The van der Waals surface area contributed by atoms with Gasteiger partial charge in [-0.2, -0.15) is 0 Å². The number of rotatable bonds is 5. The van der Waals surface area contributed by atoms with E-state index in [9.17, 15) is 9.50 Å². The van der Waals surface area contributed by atoms with Crippen LogP contribution in [0.1, 0.15) is 18.4 Å². The Morgan fingerprint density at radius 2 is 2.04 bits per heavy atom. The Labute approximate surface area is 181 Å². The number of benzene rings is 2. The van der Waals surface area contributed by atoms with Crippen molar-refractivity contribution >= 4 is 41.3 Å². The minimum atomic E-state index is -0.280. The highest BCUT2D eigenvalue weighted by molar-refractivity contribution is 14.0. The Morgan fingerprint density at radius 3 is 2.71 bits per heavy atom. The zero-order chi connectivity index (χ0) is 19.2. The average Bonchev–Trinajstić information content (AvgIpc) is 2.67. The van der Waals surface area contributed by atoms with Gasteiger partial charge in [-0.05, 0) is 42.7 Å². The van der Waals surface area contributed by atoms with Gasteiger partial charge in [0.1, 0.15) is 11.6 Å². The Hall–Kier alpha value is -2.07. The summed E-state index contributed by atoms with van der Waals surface area (Å²) in [5.74, 6) is 0.687. The second kappa shape index (κ2) is 10.5. The van der Waals surface area contributed by atoms with Crippen molar-refractivity contribution in [1.29, 1.82) is 0 Å². The monoisotopic (exact) mass is 500 g/mol. The predicted molar refractivity (Wildman–Crippen MR) is 121 cm³/mol. The molecule has 2 aromatic carbocycles. The van der Waals surface area contributed by atoms with Crippen LogP contribution in [0.5, 0.6) is 5.75 Å². The standard InChI is InChI=1S/C20H25FN4O2.HI/c1-27-17-4-2-3-15(12-17)24-20(22)23-13-14-5-6-19(18(21)11-14)25-9-7-16(26)8-10-25;/h2-6,11-12,16,26H,7-10,13H2,1H3,(H3,22,23,24);1H. The summed E-state index contributed by atoms with van der Waals surface area (Å²) < 4.78 is 19.6. The van der Waals surface area contributed by atoms with E-state index in [2.05, 4.69) is 10.3 Å². The van der Waals surface area contributed by atoms with Crippen LogP contribution in [-0.4, -0.2) is 37.4 Å². The molecule has 0 amide bonds. The molecular formula is C20H26FIN4O2. The van der Waals surface area contributed by atoms with E-state index >= 15 is 0 Å². The normalized spacial score (nSPS) is 15.1. The molecular weight excluding hydrogens is 474 g/mol. The van der Waals surface area contributed by atoms with Gasteiger partial charge in [-0.1, -0.05) is 12.1 Å². The molecule has 2 aromatic rings. The van der Waals surface area contributed by atoms with Crippen molar-refractivity contribution < 1.29 is 14.2 Å². The van der Waals surface area contributed by atoms with E-state index in [0.717, 1.165) is 17.0 Å². The van der Waals surface area contributed by atoms with Crippen molar-refractivity contribution in [3.05, 3.63) is 53.8 Å². The lowest BCUT2D eigenvalue weighted by molar-refractivity contribution is 0.145. The van der Waals surface area contributed by atoms with Crippen molar-refractivity contribution in [3.8, 4) is 5.75 Å². The number of halogens is 2. The molecule has 0 aromatic heterocycles. The molecule has 6 nitrogen and oxygen atoms in total. The van der Waals surface area contributed by atoms with Gasteiger partial charge in [-0.15, -0.1) is 24.0 Å². The van der Waals surface area contributed by atoms with Gasteiger partial charge in [0.2, 0.25) is 0 Å². The number of ether oxygens (including phenoxy) is 1. The Morgan fingerprint density at radius 1 is 1.29 bits per heavy atom. The number of nitrogens with zero attached hydrogens (tertiary/aromatic N) is 2. The van der Waals surface area contributed by atoms with Crippen molar-refractivity contribution in [2.45, 2.75) is 25.5 Å². The summed E-state index contributed by atoms with van der Waals surface area (Å²) >= 11 is 0. The number of aliphatic hydroxyl groups is 1. The van der Waals surface area contributed by atoms with Crippen molar-refractivity contribution in [2.24, 2.45) is 10.7 Å². The number of nitrogens with two attached hydrogens (primary N) is 1. The van der Waals surface area contributed by atoms with Gasteiger partial charge < -0.3 is 25.8 Å². The largest absolute Gasteiger partial charge is 0.497 e. The molecule has 1 saturated heterocycles. The van der Waals surface area contributed by atoms with E-state index in [1.165, 1.54) is 6.07 Å². The Bertz CT molecular complexity index is 811. The first-order chi connectivity index (χ1) is 13.0. The van der Waals surface area contributed by atoms with Gasteiger partial charge in [0.15, 0.2) is 5.96 Å². The maximum absolute atomic E-state index is 14.5. The lowest BCUT2D eigenvalue weighted by Crippen LogP contribution is -2.36. The van der Waals surface area contributed by atoms with E-state index in [1.54, 1.807) is 13.2 Å². The summed E-state index contributed by atoms with van der Waals surface area (Å²) in [6, 6.07) is 12.5. The fraction of sp³-hybridized carbons (Fsp3) is 0.350. The molecule has 0 radical (unpaired) electrons. The first-order valence-corrected chi connectivity index (χ1v) is 8.97. The first kappa shape index (κ1) is 22.2. The summed E-state index contributed by atoms with van der Waals surface area (Å²) in [5.41, 5.74) is 7.99. The van der Waals surface area contributed by atoms with Crippen LogP contribution >= 0.6 is 24.0 Å². The maximum Gasteiger partial charge on any atom is 0.193 e. The summed E-state index contributed by atoms with van der Waals surface area (Å²) in [6.07, 6.45) is 1.05. The van der Waals surface area contributed by atoms with Crippen molar-refractivity contribution in [1.82, 2.24) is 0 Å². The van der Waals surface area contributed by atoms with Crippen LogP contribution in [0.15, 0.2) is 47.5 Å². The second-order valence-corrected chi connectivity index (χ2v) is 6.56. The molecule has 1 aliphatic heterocycles. The third-order valence-corrected chi connectivity index (χ3v) is 4.59. The number of anilines is 2. The SMILES string of the molecule is COc1cccc(NC(N)=NCc2ccc(N3CCC(O)CC3)c(F)c2)c1.I. The highest BCUT2D eigenvalue weighted by Gasteiger charge is 2.19. The number of nitrogens with one attached hydrogen (secondary N) is 1. The maximum atomic E-state index is 14.5. The molecule has 1 aliphatic rings. The molecule has 0 spiro atoms. The van der Waals surface area contributed by atoms with Crippen molar-refractivity contribution in [2.75, 3.05) is 30.4 Å². The molecule has 0 saturated carbocycles. The number of hydrogen-bond acceptors (Lipinski definition) is 4. The van der Waals surface area contributed by atoms with Gasteiger partial charge in [0.25, 0.3) is 0 Å². The van der Waals surface area contributed by atoms with Crippen LogP contribution in [0, 0.1) is 5.82 Å². The number of guanidine groups is 1. The van der Waals surface area contributed by atoms with E-state index < -0.39 is 0 Å². The number of methoxy groups -OCH3 is 1. The minimum Gasteiger partial charge on any atom is -0.497 e. The fourth-order valence-electron chi connectivity index (χ4n) is 3.08. The van der Waals surface area contributed by atoms with Crippen LogP contribution in [-0.2, 0) is 6.54 Å². The highest BCUT2D eigenvalue weighted by Crippen LogP contribution is 2.24. The van der Waals surface area contributed by atoms with Crippen LogP contribution in [0.25, 0.3) is 0 Å². The lowest BCUT2D eigenvalue weighted by Gasteiger charge is -2.31. The van der Waals surface area contributed by atoms with Gasteiger partial charge in [-0.25, -0.2) is 9.38 Å². The fourth-order valence-corrected chi connectivity index (χ4v) is 3.08. The smallest absolute Gasteiger partial charge is 0.193 e. The molecule has 0 aliphatic carbocycles. The highest BCUT2D eigenvalue weighted by atomic mass is 127. The quantitative estimate of drug-likeness (QED) is 0.334. The topological polar surface area (TPSA) is 83.1 Å². The van der Waals surface area contributed by atoms with Gasteiger partial charge in [-0.3, -0.25) is 0 Å². The zero-order valence-electron chi connectivity index (χ0n) is 15.8. The molecule has 152 valence electrons. The summed E-state index contributed by atoms with van der Waals surface area (Å²) in [4.78, 5) is 6.23. The zero-order valence-corrected chi connectivity index (χ0v) is 18.1. The molecule has 3 rings (SSSR count). The molecule has 8 heteroatoms. The molecule has 1 fully saturated rings. The summed E-state index contributed by atoms with van der Waals surface area (Å²) in [5, 5.41) is 12.6. The third-order valence-electron chi connectivity index (χ3n) is 4.59. The minimum absolute atomic E-state index is 0.